The van der Waals surface area contributed by atoms with Gasteiger partial charge < -0.3 is 34.5 Å². The Labute approximate surface area is 248 Å². The van der Waals surface area contributed by atoms with E-state index in [1.807, 2.05) is 6.07 Å². The Morgan fingerprint density at radius 1 is 0.977 bits per heavy atom. The van der Waals surface area contributed by atoms with E-state index in [1.54, 1.807) is 36.1 Å². The monoisotopic (exact) mass is 600 g/mol. The van der Waals surface area contributed by atoms with E-state index >= 15 is 0 Å². The molecule has 0 radical (unpaired) electrons. The van der Waals surface area contributed by atoms with Crippen LogP contribution in [-0.4, -0.2) is 118 Å². The molecule has 2 saturated heterocycles. The fraction of sp³-hybridized carbons (Fsp3) is 0.500. The van der Waals surface area contributed by atoms with E-state index in [-0.39, 0.29) is 69.7 Å². The number of hydrogen-bond acceptors (Lipinski definition) is 10. The summed E-state index contributed by atoms with van der Waals surface area (Å²) in [5.41, 5.74) is 0.514. The smallest absolute Gasteiger partial charge is 0.481 e. The molecule has 0 bridgehead atoms. The van der Waals surface area contributed by atoms with Gasteiger partial charge in [-0.2, -0.15) is 5.10 Å². The molecule has 2 aromatic rings. The highest BCUT2D eigenvalue weighted by Crippen LogP contribution is 2.21. The Morgan fingerprint density at radius 3 is 2.33 bits per heavy atom. The molecule has 15 heteroatoms. The van der Waals surface area contributed by atoms with Gasteiger partial charge in [0.25, 0.3) is 11.8 Å². The average Bonchev–Trinajstić information content (AvgIpc) is 3.70. The SMILES string of the molecule is CCOC(=O)ON1CCN(C(=O)[C@H](CCC(=O)O)NC(=O)c2cc(OCC(=O)N3CCCC3)n(-c3ccccc3)n2)CC1. The van der Waals surface area contributed by atoms with Gasteiger partial charge in [0.05, 0.1) is 25.4 Å². The van der Waals surface area contributed by atoms with Gasteiger partial charge in [-0.15, -0.1) is 5.06 Å². The van der Waals surface area contributed by atoms with Gasteiger partial charge in [-0.1, -0.05) is 18.2 Å². The number of benzene rings is 1. The zero-order chi connectivity index (χ0) is 30.8. The maximum Gasteiger partial charge on any atom is 0.527 e. The van der Waals surface area contributed by atoms with Crippen LogP contribution in [0.1, 0.15) is 43.1 Å². The Balaban J connectivity index is 1.45. The van der Waals surface area contributed by atoms with Crippen LogP contribution in [0.15, 0.2) is 36.4 Å². The summed E-state index contributed by atoms with van der Waals surface area (Å²) in [6.45, 7) is 3.72. The molecule has 15 nitrogen and oxygen atoms in total. The Kier molecular flexibility index (Phi) is 10.9. The number of amides is 3. The third-order valence-electron chi connectivity index (χ3n) is 6.98. The van der Waals surface area contributed by atoms with Crippen molar-refractivity contribution in [1.82, 2.24) is 30.0 Å². The molecule has 3 heterocycles. The number of piperazine rings is 1. The van der Waals surface area contributed by atoms with Crippen molar-refractivity contribution >= 4 is 29.8 Å². The van der Waals surface area contributed by atoms with E-state index in [0.717, 1.165) is 12.8 Å². The molecule has 2 aliphatic rings. The molecule has 0 aliphatic carbocycles. The average molecular weight is 601 g/mol. The molecule has 1 atom stereocenters. The molecular formula is C28H36N6O9. The van der Waals surface area contributed by atoms with Gasteiger partial charge in [0.2, 0.25) is 11.8 Å². The first-order valence-electron chi connectivity index (χ1n) is 14.2. The predicted molar refractivity (Wildman–Crippen MR) is 149 cm³/mol. The van der Waals surface area contributed by atoms with Crippen LogP contribution in [0.25, 0.3) is 5.69 Å². The van der Waals surface area contributed by atoms with Gasteiger partial charge in [0, 0.05) is 38.7 Å². The number of hydroxylamine groups is 2. The topological polar surface area (TPSA) is 173 Å². The van der Waals surface area contributed by atoms with Crippen LogP contribution < -0.4 is 10.1 Å². The number of hydrogen-bond donors (Lipinski definition) is 2. The number of carbonyl (C=O) groups is 5. The van der Waals surface area contributed by atoms with Crippen molar-refractivity contribution in [2.75, 3.05) is 52.5 Å². The maximum absolute atomic E-state index is 13.4. The molecule has 0 saturated carbocycles. The minimum atomic E-state index is -1.15. The summed E-state index contributed by atoms with van der Waals surface area (Å²) in [6.07, 6.45) is 0.543. The number of para-hydroxylation sites is 1. The Morgan fingerprint density at radius 2 is 1.67 bits per heavy atom. The number of ether oxygens (including phenoxy) is 2. The molecule has 1 aromatic carbocycles. The fourth-order valence-electron chi connectivity index (χ4n) is 4.75. The van der Waals surface area contributed by atoms with Crippen LogP contribution in [0, 0.1) is 0 Å². The molecule has 4 rings (SSSR count). The second-order valence-electron chi connectivity index (χ2n) is 9.98. The van der Waals surface area contributed by atoms with Gasteiger partial charge in [0.1, 0.15) is 6.04 Å². The third-order valence-corrected chi connectivity index (χ3v) is 6.98. The predicted octanol–water partition coefficient (Wildman–Crippen LogP) is 1.07. The van der Waals surface area contributed by atoms with E-state index in [9.17, 15) is 29.1 Å². The minimum Gasteiger partial charge on any atom is -0.481 e. The number of carbonyl (C=O) groups excluding carboxylic acids is 4. The quantitative estimate of drug-likeness (QED) is 0.334. The van der Waals surface area contributed by atoms with E-state index < -0.39 is 30.0 Å². The molecule has 232 valence electrons. The van der Waals surface area contributed by atoms with Crippen LogP contribution >= 0.6 is 0 Å². The van der Waals surface area contributed by atoms with E-state index in [2.05, 4.69) is 10.4 Å². The van der Waals surface area contributed by atoms with Gasteiger partial charge in [-0.3, -0.25) is 19.2 Å². The number of rotatable bonds is 12. The first kappa shape index (κ1) is 31.3. The van der Waals surface area contributed by atoms with Crippen LogP contribution in [0.2, 0.25) is 0 Å². The summed E-state index contributed by atoms with van der Waals surface area (Å²) >= 11 is 0. The molecule has 0 spiro atoms. The number of carboxylic acid groups (broad SMARTS) is 1. The van der Waals surface area contributed by atoms with Gasteiger partial charge in [0.15, 0.2) is 12.3 Å². The van der Waals surface area contributed by atoms with Gasteiger partial charge in [-0.05, 0) is 38.3 Å². The molecular weight excluding hydrogens is 564 g/mol. The molecule has 2 fully saturated rings. The summed E-state index contributed by atoms with van der Waals surface area (Å²) in [7, 11) is 0. The highest BCUT2D eigenvalue weighted by atomic mass is 16.8. The third kappa shape index (κ3) is 8.67. The second-order valence-corrected chi connectivity index (χ2v) is 9.98. The highest BCUT2D eigenvalue weighted by molar-refractivity contribution is 5.96. The number of nitrogens with one attached hydrogen (secondary N) is 1. The lowest BCUT2D eigenvalue weighted by Gasteiger charge is -2.35. The summed E-state index contributed by atoms with van der Waals surface area (Å²) in [5.74, 6) is -2.31. The van der Waals surface area contributed by atoms with Crippen molar-refractivity contribution in [3.63, 3.8) is 0 Å². The summed E-state index contributed by atoms with van der Waals surface area (Å²) in [4.78, 5) is 70.5. The largest absolute Gasteiger partial charge is 0.527 e. The minimum absolute atomic E-state index is 0.0757. The highest BCUT2D eigenvalue weighted by Gasteiger charge is 2.31. The lowest BCUT2D eigenvalue weighted by molar-refractivity contribution is -0.157. The molecule has 0 unspecified atom stereocenters. The molecule has 2 N–H and O–H groups in total. The molecule has 3 amide bonds. The zero-order valence-corrected chi connectivity index (χ0v) is 24.0. The fourth-order valence-corrected chi connectivity index (χ4v) is 4.75. The van der Waals surface area contributed by atoms with Gasteiger partial charge >= 0.3 is 12.1 Å². The number of carboxylic acids is 1. The van der Waals surface area contributed by atoms with E-state index in [0.29, 0.717) is 18.8 Å². The summed E-state index contributed by atoms with van der Waals surface area (Å²) in [5, 5.41) is 17.6. The van der Waals surface area contributed by atoms with E-state index in [4.69, 9.17) is 14.3 Å². The van der Waals surface area contributed by atoms with Gasteiger partial charge in [-0.25, -0.2) is 9.48 Å². The lowest BCUT2D eigenvalue weighted by atomic mass is 10.1. The first-order valence-corrected chi connectivity index (χ1v) is 14.2. The first-order chi connectivity index (χ1) is 20.7. The van der Waals surface area contributed by atoms with Crippen molar-refractivity contribution in [3.8, 4) is 11.6 Å². The van der Waals surface area contributed by atoms with Crippen molar-refractivity contribution in [1.29, 1.82) is 0 Å². The number of likely N-dealkylation sites (tertiary alicyclic amines) is 1. The van der Waals surface area contributed by atoms with Crippen LogP contribution in [-0.2, 0) is 24.0 Å². The molecule has 2 aliphatic heterocycles. The summed E-state index contributed by atoms with van der Waals surface area (Å²) in [6, 6.07) is 9.14. The normalized spacial score (nSPS) is 15.9. The summed E-state index contributed by atoms with van der Waals surface area (Å²) < 4.78 is 12.0. The van der Waals surface area contributed by atoms with E-state index in [1.165, 1.54) is 20.7 Å². The zero-order valence-electron chi connectivity index (χ0n) is 24.0. The van der Waals surface area contributed by atoms with Crippen molar-refractivity contribution in [3.05, 3.63) is 42.1 Å². The van der Waals surface area contributed by atoms with Crippen molar-refractivity contribution in [2.24, 2.45) is 0 Å². The lowest BCUT2D eigenvalue weighted by Crippen LogP contribution is -2.55. The number of aromatic nitrogens is 2. The molecule has 1 aromatic heterocycles. The maximum atomic E-state index is 13.4. The standard InChI is InChI=1S/C28H36N6O9/c1-2-41-28(40)43-33-16-14-32(15-17-33)27(39)21(10-11-25(36)37)29-26(38)22-18-24(34(30-22)20-8-4-3-5-9-20)42-19-23(35)31-12-6-7-13-31/h3-5,8-9,18,21H,2,6-7,10-17,19H2,1H3,(H,29,38)(H,36,37)/t21-/m0/s1. The van der Waals surface area contributed by atoms with Crippen LogP contribution in [0.5, 0.6) is 5.88 Å². The Bertz CT molecular complexity index is 1290. The van der Waals surface area contributed by atoms with Crippen LogP contribution in [0.4, 0.5) is 4.79 Å². The second kappa shape index (κ2) is 15.0. The Hall–Kier alpha value is -4.66. The molecule has 43 heavy (non-hydrogen) atoms. The van der Waals surface area contributed by atoms with Crippen molar-refractivity contribution < 1.29 is 43.4 Å². The number of aliphatic carboxylic acids is 1. The van der Waals surface area contributed by atoms with Crippen LogP contribution in [0.3, 0.4) is 0 Å². The number of nitrogens with zero attached hydrogens (tertiary/aromatic N) is 5. The van der Waals surface area contributed by atoms with Crippen molar-refractivity contribution in [2.45, 2.75) is 38.6 Å².